The van der Waals surface area contributed by atoms with Crippen LogP contribution in [0.2, 0.25) is 0 Å². The third kappa shape index (κ3) is 6.87. The van der Waals surface area contributed by atoms with Gasteiger partial charge in [0.1, 0.15) is 0 Å². The molecule has 0 spiro atoms. The lowest BCUT2D eigenvalue weighted by molar-refractivity contribution is -0.384. The van der Waals surface area contributed by atoms with E-state index < -0.39 is 4.92 Å². The molecule has 2 N–H and O–H groups in total. The molecule has 1 aliphatic heterocycles. The summed E-state index contributed by atoms with van der Waals surface area (Å²) in [7, 11) is 0. The standard InChI is InChI=1S/C22H28N4O3/c27-22(23-12-15-25-13-2-1-3-14-25)16-18-4-8-20(9-5-18)24-17-19-6-10-21(11-7-19)26(28)29/h4-11,24H,1-3,12-17H2,(H,23,27). The predicted molar refractivity (Wildman–Crippen MR) is 114 cm³/mol. The largest absolute Gasteiger partial charge is 0.381 e. The Bertz CT molecular complexity index is 800. The number of anilines is 1. The lowest BCUT2D eigenvalue weighted by atomic mass is 10.1. The van der Waals surface area contributed by atoms with Gasteiger partial charge in [0.05, 0.1) is 11.3 Å². The molecular formula is C22H28N4O3. The number of nitro groups is 1. The average molecular weight is 396 g/mol. The van der Waals surface area contributed by atoms with Crippen LogP contribution in [0.1, 0.15) is 30.4 Å². The zero-order chi connectivity index (χ0) is 20.5. The van der Waals surface area contributed by atoms with Gasteiger partial charge < -0.3 is 15.5 Å². The maximum Gasteiger partial charge on any atom is 0.269 e. The molecule has 1 fully saturated rings. The van der Waals surface area contributed by atoms with E-state index >= 15 is 0 Å². The highest BCUT2D eigenvalue weighted by Gasteiger charge is 2.10. The topological polar surface area (TPSA) is 87.5 Å². The highest BCUT2D eigenvalue weighted by Crippen LogP contribution is 2.15. The maximum atomic E-state index is 12.1. The van der Waals surface area contributed by atoms with Gasteiger partial charge in [0.25, 0.3) is 5.69 Å². The molecule has 2 aromatic carbocycles. The van der Waals surface area contributed by atoms with Gasteiger partial charge >= 0.3 is 0 Å². The first kappa shape index (κ1) is 20.8. The Morgan fingerprint density at radius 2 is 1.62 bits per heavy atom. The van der Waals surface area contributed by atoms with Crippen molar-refractivity contribution in [2.45, 2.75) is 32.2 Å². The van der Waals surface area contributed by atoms with Crippen LogP contribution in [-0.4, -0.2) is 41.9 Å². The van der Waals surface area contributed by atoms with E-state index in [9.17, 15) is 14.9 Å². The third-order valence-electron chi connectivity index (χ3n) is 5.16. The van der Waals surface area contributed by atoms with Gasteiger partial charge in [-0.2, -0.15) is 0 Å². The van der Waals surface area contributed by atoms with Crippen molar-refractivity contribution in [1.29, 1.82) is 0 Å². The number of nitro benzene ring substituents is 1. The zero-order valence-electron chi connectivity index (χ0n) is 16.6. The van der Waals surface area contributed by atoms with Gasteiger partial charge in [-0.05, 0) is 49.2 Å². The third-order valence-corrected chi connectivity index (χ3v) is 5.16. The minimum absolute atomic E-state index is 0.0496. The van der Waals surface area contributed by atoms with Crippen LogP contribution < -0.4 is 10.6 Å². The van der Waals surface area contributed by atoms with Crippen LogP contribution >= 0.6 is 0 Å². The summed E-state index contributed by atoms with van der Waals surface area (Å²) < 4.78 is 0. The molecular weight excluding hydrogens is 368 g/mol. The summed E-state index contributed by atoms with van der Waals surface area (Å²) in [6, 6.07) is 14.3. The first-order valence-corrected chi connectivity index (χ1v) is 10.2. The summed E-state index contributed by atoms with van der Waals surface area (Å²) in [5.41, 5.74) is 2.97. The molecule has 7 heteroatoms. The second-order valence-corrected chi connectivity index (χ2v) is 7.40. The zero-order valence-corrected chi connectivity index (χ0v) is 16.6. The quantitative estimate of drug-likeness (QED) is 0.501. The van der Waals surface area contributed by atoms with Crippen LogP contribution in [0.5, 0.6) is 0 Å². The molecule has 0 bridgehead atoms. The van der Waals surface area contributed by atoms with Crippen molar-refractivity contribution >= 4 is 17.3 Å². The fraction of sp³-hybridized carbons (Fsp3) is 0.409. The molecule has 0 aliphatic carbocycles. The molecule has 7 nitrogen and oxygen atoms in total. The van der Waals surface area contributed by atoms with Crippen molar-refractivity contribution in [1.82, 2.24) is 10.2 Å². The fourth-order valence-electron chi connectivity index (χ4n) is 3.46. The van der Waals surface area contributed by atoms with Gasteiger partial charge in [-0.25, -0.2) is 0 Å². The van der Waals surface area contributed by atoms with Crippen LogP contribution in [0, 0.1) is 10.1 Å². The number of carbonyl (C=O) groups is 1. The Labute approximate surface area is 171 Å². The molecule has 0 atom stereocenters. The van der Waals surface area contributed by atoms with Crippen LogP contribution in [-0.2, 0) is 17.8 Å². The van der Waals surface area contributed by atoms with Crippen LogP contribution in [0.15, 0.2) is 48.5 Å². The number of nitrogens with zero attached hydrogens (tertiary/aromatic N) is 2. The number of nitrogens with one attached hydrogen (secondary N) is 2. The number of benzene rings is 2. The normalized spacial score (nSPS) is 14.3. The van der Waals surface area contributed by atoms with Gasteiger partial charge in [-0.15, -0.1) is 0 Å². The van der Waals surface area contributed by atoms with Gasteiger partial charge in [0, 0.05) is 37.5 Å². The van der Waals surface area contributed by atoms with Crippen LogP contribution in [0.3, 0.4) is 0 Å². The SMILES string of the molecule is O=C(Cc1ccc(NCc2ccc([N+](=O)[O-])cc2)cc1)NCCN1CCCCC1. The number of likely N-dealkylation sites (tertiary alicyclic amines) is 1. The summed E-state index contributed by atoms with van der Waals surface area (Å²) >= 11 is 0. The number of rotatable bonds is 9. The van der Waals surface area contributed by atoms with E-state index in [-0.39, 0.29) is 11.6 Å². The molecule has 1 heterocycles. The van der Waals surface area contributed by atoms with Crippen LogP contribution in [0.25, 0.3) is 0 Å². The number of carbonyl (C=O) groups excluding carboxylic acids is 1. The van der Waals surface area contributed by atoms with Gasteiger partial charge in [0.15, 0.2) is 0 Å². The van der Waals surface area contributed by atoms with E-state index in [0.717, 1.165) is 36.4 Å². The van der Waals surface area contributed by atoms with E-state index in [2.05, 4.69) is 15.5 Å². The second kappa shape index (κ2) is 10.6. The average Bonchev–Trinajstić information content (AvgIpc) is 2.74. The summed E-state index contributed by atoms with van der Waals surface area (Å²) in [6.45, 7) is 4.49. The van der Waals surface area contributed by atoms with E-state index in [1.165, 1.54) is 31.4 Å². The summed E-state index contributed by atoms with van der Waals surface area (Å²) in [6.07, 6.45) is 4.22. The molecule has 1 aliphatic rings. The van der Waals surface area contributed by atoms with Crippen molar-refractivity contribution in [3.8, 4) is 0 Å². The second-order valence-electron chi connectivity index (χ2n) is 7.40. The van der Waals surface area contributed by atoms with Crippen LogP contribution in [0.4, 0.5) is 11.4 Å². The summed E-state index contributed by atoms with van der Waals surface area (Å²) in [5, 5.41) is 17.0. The number of amides is 1. The fourth-order valence-corrected chi connectivity index (χ4v) is 3.46. The Balaban J connectivity index is 1.38. The molecule has 0 radical (unpaired) electrons. The molecule has 2 aromatic rings. The summed E-state index contributed by atoms with van der Waals surface area (Å²) in [4.78, 5) is 24.8. The number of non-ortho nitro benzene ring substituents is 1. The van der Waals surface area contributed by atoms with E-state index in [4.69, 9.17) is 0 Å². The lowest BCUT2D eigenvalue weighted by Crippen LogP contribution is -2.38. The minimum Gasteiger partial charge on any atom is -0.381 e. The van der Waals surface area contributed by atoms with E-state index in [1.807, 2.05) is 24.3 Å². The van der Waals surface area contributed by atoms with E-state index in [0.29, 0.717) is 19.5 Å². The monoisotopic (exact) mass is 396 g/mol. The van der Waals surface area contributed by atoms with Crippen molar-refractivity contribution in [3.63, 3.8) is 0 Å². The number of hydrogen-bond acceptors (Lipinski definition) is 5. The van der Waals surface area contributed by atoms with Crippen molar-refractivity contribution in [3.05, 3.63) is 69.8 Å². The number of hydrogen-bond donors (Lipinski definition) is 2. The molecule has 0 unspecified atom stereocenters. The molecule has 0 saturated carbocycles. The molecule has 0 aromatic heterocycles. The van der Waals surface area contributed by atoms with Crippen molar-refractivity contribution in [2.24, 2.45) is 0 Å². The number of piperidine rings is 1. The van der Waals surface area contributed by atoms with Gasteiger partial charge in [-0.3, -0.25) is 14.9 Å². The minimum atomic E-state index is -0.403. The summed E-state index contributed by atoms with van der Waals surface area (Å²) in [5.74, 6) is 0.0496. The Kier molecular flexibility index (Phi) is 7.58. The van der Waals surface area contributed by atoms with Gasteiger partial charge in [0.2, 0.25) is 5.91 Å². The van der Waals surface area contributed by atoms with E-state index in [1.54, 1.807) is 12.1 Å². The van der Waals surface area contributed by atoms with Crippen molar-refractivity contribution < 1.29 is 9.72 Å². The smallest absolute Gasteiger partial charge is 0.269 e. The Morgan fingerprint density at radius 3 is 2.28 bits per heavy atom. The molecule has 1 amide bonds. The highest BCUT2D eigenvalue weighted by atomic mass is 16.6. The molecule has 154 valence electrons. The molecule has 3 rings (SSSR count). The lowest BCUT2D eigenvalue weighted by Gasteiger charge is -2.26. The molecule has 29 heavy (non-hydrogen) atoms. The Hall–Kier alpha value is -2.93. The maximum absolute atomic E-state index is 12.1. The van der Waals surface area contributed by atoms with Crippen molar-refractivity contribution in [2.75, 3.05) is 31.5 Å². The van der Waals surface area contributed by atoms with Gasteiger partial charge in [-0.1, -0.05) is 30.7 Å². The molecule has 1 saturated heterocycles. The first-order chi connectivity index (χ1) is 14.1. The highest BCUT2D eigenvalue weighted by molar-refractivity contribution is 5.78. The first-order valence-electron chi connectivity index (χ1n) is 10.2. The predicted octanol–water partition coefficient (Wildman–Crippen LogP) is 3.35. The Morgan fingerprint density at radius 1 is 0.966 bits per heavy atom.